The Morgan fingerprint density at radius 2 is 1.79 bits per heavy atom. The van der Waals surface area contributed by atoms with Crippen molar-refractivity contribution in [1.29, 1.82) is 5.26 Å². The maximum Gasteiger partial charge on any atom is 0.322 e. The van der Waals surface area contributed by atoms with Crippen LogP contribution in [-0.4, -0.2) is 38.3 Å². The van der Waals surface area contributed by atoms with Crippen LogP contribution in [0.2, 0.25) is 10.0 Å². The predicted octanol–water partition coefficient (Wildman–Crippen LogP) is 3.79. The van der Waals surface area contributed by atoms with Gasteiger partial charge in [-0.1, -0.05) is 41.4 Å². The highest BCUT2D eigenvalue weighted by molar-refractivity contribution is 7.88. The molecule has 1 saturated heterocycles. The summed E-state index contributed by atoms with van der Waals surface area (Å²) in [5.74, 6) is 0.312. The van der Waals surface area contributed by atoms with Crippen LogP contribution in [0.4, 0.5) is 0 Å². The van der Waals surface area contributed by atoms with Crippen LogP contribution in [-0.2, 0) is 23.2 Å². The van der Waals surface area contributed by atoms with Crippen molar-refractivity contribution in [2.75, 3.05) is 13.1 Å². The number of benzene rings is 2. The molecule has 1 fully saturated rings. The van der Waals surface area contributed by atoms with Gasteiger partial charge in [-0.15, -0.1) is 0 Å². The van der Waals surface area contributed by atoms with Gasteiger partial charge in [-0.25, -0.2) is 0 Å². The summed E-state index contributed by atoms with van der Waals surface area (Å²) in [5.41, 5.74) is 2.88. The van der Waals surface area contributed by atoms with Gasteiger partial charge in [0.05, 0.1) is 17.7 Å². The van der Waals surface area contributed by atoms with Gasteiger partial charge < -0.3 is 0 Å². The van der Waals surface area contributed by atoms with Gasteiger partial charge in [0.1, 0.15) is 5.84 Å². The maximum absolute atomic E-state index is 12.3. The average molecular weight is 504 g/mol. The third kappa shape index (κ3) is 6.27. The quantitative estimate of drug-likeness (QED) is 0.648. The molecule has 0 spiro atoms. The van der Waals surface area contributed by atoms with E-state index in [-0.39, 0.29) is 12.5 Å². The lowest BCUT2D eigenvalue weighted by Crippen LogP contribution is -2.45. The summed E-state index contributed by atoms with van der Waals surface area (Å²) in [6.45, 7) is 2.46. The maximum atomic E-state index is 12.3. The fourth-order valence-corrected chi connectivity index (χ4v) is 5.45. The van der Waals surface area contributed by atoms with Crippen molar-refractivity contribution in [2.24, 2.45) is 4.99 Å². The number of aliphatic imine (C=N–C) groups is 1. The fraction of sp³-hybridized carbons (Fsp3) is 0.304. The van der Waals surface area contributed by atoms with Gasteiger partial charge in [-0.05, 0) is 48.2 Å². The summed E-state index contributed by atoms with van der Waals surface area (Å²) in [6.07, 6.45) is 3.57. The van der Waals surface area contributed by atoms with Crippen LogP contribution < -0.4 is 9.44 Å². The van der Waals surface area contributed by atoms with Crippen molar-refractivity contribution < 1.29 is 8.42 Å². The number of rotatable bonds is 5. The lowest BCUT2D eigenvalue weighted by Gasteiger charge is -2.31. The number of allylic oxidation sites excluding steroid dienone is 1. The first-order chi connectivity index (χ1) is 15.8. The van der Waals surface area contributed by atoms with Crippen LogP contribution in [0.15, 0.2) is 59.2 Å². The first kappa shape index (κ1) is 23.6. The number of hydrogen-bond acceptors (Lipinski definition) is 5. The van der Waals surface area contributed by atoms with Crippen LogP contribution in [0.5, 0.6) is 0 Å². The number of halogens is 2. The lowest BCUT2D eigenvalue weighted by molar-refractivity contribution is 0.206. The summed E-state index contributed by atoms with van der Waals surface area (Å²) in [5, 5.41) is 10.0. The third-order valence-corrected chi connectivity index (χ3v) is 7.30. The molecule has 0 amide bonds. The summed E-state index contributed by atoms with van der Waals surface area (Å²) in [7, 11) is -3.76. The van der Waals surface area contributed by atoms with E-state index in [2.05, 4.69) is 25.4 Å². The second-order valence-electron chi connectivity index (χ2n) is 8.09. The highest BCUT2D eigenvalue weighted by Gasteiger charge is 2.24. The van der Waals surface area contributed by atoms with Crippen LogP contribution >= 0.6 is 23.2 Å². The van der Waals surface area contributed by atoms with E-state index in [1.54, 1.807) is 30.3 Å². The molecule has 2 aromatic carbocycles. The molecule has 2 aromatic rings. The molecule has 7 nitrogen and oxygen atoms in total. The van der Waals surface area contributed by atoms with Crippen molar-refractivity contribution in [2.45, 2.75) is 31.8 Å². The fourth-order valence-electron chi connectivity index (χ4n) is 4.00. The number of hydrogen-bond donors (Lipinski definition) is 2. The number of nitrogens with one attached hydrogen (secondary N) is 2. The minimum Gasteiger partial charge on any atom is -0.299 e. The van der Waals surface area contributed by atoms with Crippen molar-refractivity contribution in [3.05, 3.63) is 81.0 Å². The topological polar surface area (TPSA) is 97.6 Å². The minimum absolute atomic E-state index is 0.0175. The predicted molar refractivity (Wildman–Crippen MR) is 130 cm³/mol. The van der Waals surface area contributed by atoms with E-state index in [9.17, 15) is 8.42 Å². The standard InChI is InChI=1S/C23H23Cl2N5O2S/c24-21-5-2-6-22(25)20(21)12-19-13-23(29-33(31,32)28-19)27-18-7-9-30(10-8-18)15-17-4-1-3-16(11-17)14-26/h1-6,11,13,18,28H,7-10,12,15H2,(H,27,29). The molecule has 2 aliphatic rings. The highest BCUT2D eigenvalue weighted by Crippen LogP contribution is 2.27. The Labute approximate surface area is 203 Å². The molecule has 172 valence electrons. The molecule has 0 aromatic heterocycles. The zero-order valence-electron chi connectivity index (χ0n) is 17.8. The third-order valence-electron chi connectivity index (χ3n) is 5.59. The molecule has 0 unspecified atom stereocenters. The molecule has 33 heavy (non-hydrogen) atoms. The summed E-state index contributed by atoms with van der Waals surface area (Å²) in [4.78, 5) is 6.99. The van der Waals surface area contributed by atoms with Gasteiger partial charge >= 0.3 is 10.2 Å². The molecule has 0 bridgehead atoms. The summed E-state index contributed by atoms with van der Waals surface area (Å²) in [6, 6.07) is 15.0. The van der Waals surface area contributed by atoms with Crippen LogP contribution in [0.1, 0.15) is 29.5 Å². The molecule has 2 aliphatic heterocycles. The Morgan fingerprint density at radius 3 is 2.48 bits per heavy atom. The van der Waals surface area contributed by atoms with Gasteiger partial charge in [0, 0.05) is 47.9 Å². The number of piperidine rings is 1. The van der Waals surface area contributed by atoms with Gasteiger partial charge in [0.25, 0.3) is 0 Å². The largest absolute Gasteiger partial charge is 0.322 e. The average Bonchev–Trinajstić information content (AvgIpc) is 2.77. The zero-order valence-corrected chi connectivity index (χ0v) is 20.1. The number of likely N-dealkylation sites (tertiary alicyclic amines) is 1. The SMILES string of the molecule is N#Cc1cccc(CN2CCC(N=C3C=C(Cc4c(Cl)cccc4Cl)NS(=O)(=O)N3)CC2)c1. The van der Waals surface area contributed by atoms with E-state index in [0.29, 0.717) is 32.7 Å². The van der Waals surface area contributed by atoms with Gasteiger partial charge in [0.2, 0.25) is 0 Å². The molecule has 0 atom stereocenters. The number of nitriles is 1. The first-order valence-electron chi connectivity index (χ1n) is 10.5. The monoisotopic (exact) mass is 503 g/mol. The molecule has 2 N–H and O–H groups in total. The van der Waals surface area contributed by atoms with E-state index in [1.807, 2.05) is 18.2 Å². The molecular weight excluding hydrogens is 481 g/mol. The lowest BCUT2D eigenvalue weighted by atomic mass is 10.0. The van der Waals surface area contributed by atoms with Gasteiger partial charge in [-0.3, -0.25) is 19.3 Å². The van der Waals surface area contributed by atoms with E-state index in [1.165, 1.54) is 0 Å². The van der Waals surface area contributed by atoms with E-state index in [4.69, 9.17) is 28.5 Å². The normalized spacial score (nSPS) is 19.9. The number of amidine groups is 1. The van der Waals surface area contributed by atoms with Crippen LogP contribution in [0.25, 0.3) is 0 Å². The van der Waals surface area contributed by atoms with Gasteiger partial charge in [-0.2, -0.15) is 13.7 Å². The first-order valence-corrected chi connectivity index (χ1v) is 12.8. The molecule has 10 heteroatoms. The second kappa shape index (κ2) is 10.1. The van der Waals surface area contributed by atoms with Crippen molar-refractivity contribution >= 4 is 39.2 Å². The molecule has 0 saturated carbocycles. The second-order valence-corrected chi connectivity index (χ2v) is 10.3. The van der Waals surface area contributed by atoms with E-state index >= 15 is 0 Å². The molecule has 0 radical (unpaired) electrons. The van der Waals surface area contributed by atoms with Gasteiger partial charge in [0.15, 0.2) is 0 Å². The molecule has 4 rings (SSSR count). The van der Waals surface area contributed by atoms with Crippen LogP contribution in [0.3, 0.4) is 0 Å². The zero-order chi connectivity index (χ0) is 23.4. The smallest absolute Gasteiger partial charge is 0.299 e. The highest BCUT2D eigenvalue weighted by atomic mass is 35.5. The molecule has 2 heterocycles. The Balaban J connectivity index is 1.42. The van der Waals surface area contributed by atoms with Crippen molar-refractivity contribution in [3.8, 4) is 6.07 Å². The van der Waals surface area contributed by atoms with E-state index < -0.39 is 10.2 Å². The van der Waals surface area contributed by atoms with Crippen LogP contribution in [0, 0.1) is 11.3 Å². The summed E-state index contributed by atoms with van der Waals surface area (Å²) >= 11 is 12.5. The summed E-state index contributed by atoms with van der Waals surface area (Å²) < 4.78 is 29.7. The number of nitrogens with zero attached hydrogens (tertiary/aromatic N) is 3. The van der Waals surface area contributed by atoms with Crippen molar-refractivity contribution in [3.63, 3.8) is 0 Å². The minimum atomic E-state index is -3.76. The van der Waals surface area contributed by atoms with E-state index in [0.717, 1.165) is 38.0 Å². The molecular formula is C23H23Cl2N5O2S. The Kier molecular flexibility index (Phi) is 7.25. The Morgan fingerprint density at radius 1 is 1.09 bits per heavy atom. The van der Waals surface area contributed by atoms with Crippen molar-refractivity contribution in [1.82, 2.24) is 14.3 Å². The molecule has 0 aliphatic carbocycles. The Hall–Kier alpha value is -2.57. The Bertz CT molecular complexity index is 1230.